The standard InChI is InChI=1S/C28H40N4O2/c1-2-22(33)14-7-5-8-16-24-27-29-20-25(30-27)23-15-10-9-13-21(23)12-6-3-4-11-18-32-19-17-26(32)28(34)31-24/h9-10,13,15,20,24,26H,2-8,11-12,14,16-19H2,1H3,(H,29,30)(H,31,34)/t24-,26?/m0/s1. The van der Waals surface area contributed by atoms with Gasteiger partial charge in [0.25, 0.3) is 0 Å². The first kappa shape index (κ1) is 24.6. The van der Waals surface area contributed by atoms with Gasteiger partial charge in [-0.05, 0) is 50.6 Å². The highest BCUT2D eigenvalue weighted by atomic mass is 16.2. The Morgan fingerprint density at radius 3 is 2.76 bits per heavy atom. The number of ketones is 1. The van der Waals surface area contributed by atoms with Gasteiger partial charge in [-0.15, -0.1) is 0 Å². The van der Waals surface area contributed by atoms with E-state index in [-0.39, 0.29) is 18.0 Å². The van der Waals surface area contributed by atoms with Crippen LogP contribution in [0.2, 0.25) is 0 Å². The number of carbonyl (C=O) groups excluding carboxylic acids is 2. The molecule has 0 saturated carbocycles. The fraction of sp³-hybridized carbons (Fsp3) is 0.607. The Balaban J connectivity index is 1.51. The van der Waals surface area contributed by atoms with Crippen molar-refractivity contribution < 1.29 is 9.59 Å². The highest BCUT2D eigenvalue weighted by Gasteiger charge is 2.35. The Morgan fingerprint density at radius 2 is 1.94 bits per heavy atom. The molecule has 0 spiro atoms. The molecule has 1 aromatic heterocycles. The minimum absolute atomic E-state index is 0.00672. The van der Waals surface area contributed by atoms with Crippen molar-refractivity contribution in [3.05, 3.63) is 41.9 Å². The Bertz CT molecular complexity index is 953. The lowest BCUT2D eigenvalue weighted by molar-refractivity contribution is -0.131. The molecule has 0 aliphatic carbocycles. The predicted molar refractivity (Wildman–Crippen MR) is 135 cm³/mol. The molecule has 2 N–H and O–H groups in total. The Morgan fingerprint density at radius 1 is 1.09 bits per heavy atom. The van der Waals surface area contributed by atoms with Crippen molar-refractivity contribution in [3.8, 4) is 11.3 Å². The molecule has 4 rings (SSSR count). The normalized spacial score (nSPS) is 21.7. The smallest absolute Gasteiger partial charge is 0.237 e. The first-order chi connectivity index (χ1) is 16.7. The molecule has 2 aliphatic rings. The molecular formula is C28H40N4O2. The largest absolute Gasteiger partial charge is 0.345 e. The summed E-state index contributed by atoms with van der Waals surface area (Å²) in [6, 6.07) is 8.45. The molecule has 2 atom stereocenters. The first-order valence-electron chi connectivity index (χ1n) is 13.3. The molecule has 34 heavy (non-hydrogen) atoms. The van der Waals surface area contributed by atoms with Crippen molar-refractivity contribution in [1.29, 1.82) is 0 Å². The molecule has 1 unspecified atom stereocenters. The fourth-order valence-electron chi connectivity index (χ4n) is 5.21. The minimum Gasteiger partial charge on any atom is -0.345 e. The number of rotatable bonds is 7. The molecule has 0 radical (unpaired) electrons. The molecule has 2 bridgehead atoms. The van der Waals surface area contributed by atoms with Gasteiger partial charge in [0.1, 0.15) is 11.6 Å². The average Bonchev–Trinajstić information content (AvgIpc) is 3.31. The third-order valence-corrected chi connectivity index (χ3v) is 7.47. The lowest BCUT2D eigenvalue weighted by Gasteiger charge is -2.40. The van der Waals surface area contributed by atoms with Gasteiger partial charge in [-0.25, -0.2) is 4.98 Å². The summed E-state index contributed by atoms with van der Waals surface area (Å²) in [5, 5.41) is 3.32. The number of nitrogens with one attached hydrogen (secondary N) is 2. The number of unbranched alkanes of at least 4 members (excludes halogenated alkanes) is 2. The van der Waals surface area contributed by atoms with Crippen molar-refractivity contribution in [2.75, 3.05) is 13.1 Å². The van der Waals surface area contributed by atoms with Crippen LogP contribution in [-0.2, 0) is 16.0 Å². The van der Waals surface area contributed by atoms with Gasteiger partial charge in [-0.1, -0.05) is 56.9 Å². The number of benzene rings is 1. The van der Waals surface area contributed by atoms with E-state index in [9.17, 15) is 9.59 Å². The quantitative estimate of drug-likeness (QED) is 0.541. The van der Waals surface area contributed by atoms with Crippen LogP contribution in [0.4, 0.5) is 0 Å². The molecule has 1 aromatic carbocycles. The van der Waals surface area contributed by atoms with E-state index in [0.717, 1.165) is 69.6 Å². The monoisotopic (exact) mass is 464 g/mol. The summed E-state index contributed by atoms with van der Waals surface area (Å²) in [6.45, 7) is 3.95. The van der Waals surface area contributed by atoms with Gasteiger partial charge in [0.2, 0.25) is 5.91 Å². The number of aromatic nitrogens is 2. The van der Waals surface area contributed by atoms with Gasteiger partial charge in [0.05, 0.1) is 24.0 Å². The second-order valence-electron chi connectivity index (χ2n) is 9.90. The predicted octanol–water partition coefficient (Wildman–Crippen LogP) is 5.35. The summed E-state index contributed by atoms with van der Waals surface area (Å²) in [4.78, 5) is 35.4. The van der Waals surface area contributed by atoms with Gasteiger partial charge in [-0.3, -0.25) is 14.5 Å². The first-order valence-corrected chi connectivity index (χ1v) is 13.3. The molecule has 1 saturated heterocycles. The van der Waals surface area contributed by atoms with Crippen LogP contribution in [0.15, 0.2) is 30.5 Å². The van der Waals surface area contributed by atoms with Crippen molar-refractivity contribution in [1.82, 2.24) is 20.2 Å². The number of aryl methyl sites for hydroxylation is 1. The van der Waals surface area contributed by atoms with E-state index >= 15 is 0 Å². The van der Waals surface area contributed by atoms with Gasteiger partial charge in [0, 0.05) is 24.9 Å². The average molecular weight is 465 g/mol. The van der Waals surface area contributed by atoms with E-state index in [1.54, 1.807) is 0 Å². The lowest BCUT2D eigenvalue weighted by atomic mass is 9.98. The van der Waals surface area contributed by atoms with Crippen LogP contribution in [0.5, 0.6) is 0 Å². The van der Waals surface area contributed by atoms with E-state index in [2.05, 4.69) is 39.5 Å². The van der Waals surface area contributed by atoms with Crippen LogP contribution in [0.25, 0.3) is 11.3 Å². The summed E-state index contributed by atoms with van der Waals surface area (Å²) in [6.07, 6.45) is 13.7. The van der Waals surface area contributed by atoms with E-state index < -0.39 is 0 Å². The Kier molecular flexibility index (Phi) is 8.91. The molecule has 6 nitrogen and oxygen atoms in total. The number of nitrogens with zero attached hydrogens (tertiary/aromatic N) is 2. The summed E-state index contributed by atoms with van der Waals surface area (Å²) in [5.41, 5.74) is 3.59. The topological polar surface area (TPSA) is 78.1 Å². The van der Waals surface area contributed by atoms with Gasteiger partial charge in [-0.2, -0.15) is 0 Å². The zero-order valence-corrected chi connectivity index (χ0v) is 20.7. The van der Waals surface area contributed by atoms with Crippen LogP contribution in [0, 0.1) is 0 Å². The molecule has 1 fully saturated rings. The van der Waals surface area contributed by atoms with Crippen molar-refractivity contribution in [2.45, 2.75) is 96.1 Å². The lowest BCUT2D eigenvalue weighted by Crippen LogP contribution is -2.56. The van der Waals surface area contributed by atoms with Crippen molar-refractivity contribution in [2.24, 2.45) is 0 Å². The second-order valence-corrected chi connectivity index (χ2v) is 9.90. The second kappa shape index (κ2) is 12.3. The SMILES string of the molecule is CCC(=O)CCCCC[C@@H]1NC(=O)C2CCN2CCCCCCc2ccccc2-c2cnc1[nH]2. The summed E-state index contributed by atoms with van der Waals surface area (Å²) >= 11 is 0. The molecule has 6 heteroatoms. The molecule has 184 valence electrons. The summed E-state index contributed by atoms with van der Waals surface area (Å²) in [7, 11) is 0. The highest BCUT2D eigenvalue weighted by molar-refractivity contribution is 5.83. The van der Waals surface area contributed by atoms with Gasteiger partial charge in [0.15, 0.2) is 0 Å². The summed E-state index contributed by atoms with van der Waals surface area (Å²) in [5.74, 6) is 1.29. The van der Waals surface area contributed by atoms with Crippen LogP contribution >= 0.6 is 0 Å². The molecule has 3 heterocycles. The zero-order valence-electron chi connectivity index (χ0n) is 20.7. The zero-order chi connectivity index (χ0) is 23.8. The van der Waals surface area contributed by atoms with Crippen LogP contribution in [-0.4, -0.2) is 45.7 Å². The Labute approximate surface area is 203 Å². The van der Waals surface area contributed by atoms with E-state index in [4.69, 9.17) is 4.98 Å². The molecular weight excluding hydrogens is 424 g/mol. The van der Waals surface area contributed by atoms with Crippen molar-refractivity contribution >= 4 is 11.7 Å². The number of H-pyrrole nitrogens is 1. The maximum absolute atomic E-state index is 13.2. The van der Waals surface area contributed by atoms with E-state index in [1.807, 2.05) is 13.1 Å². The van der Waals surface area contributed by atoms with Crippen molar-refractivity contribution in [3.63, 3.8) is 0 Å². The Hall–Kier alpha value is -2.47. The van der Waals surface area contributed by atoms with E-state index in [0.29, 0.717) is 18.6 Å². The maximum atomic E-state index is 13.2. The molecule has 2 aromatic rings. The third-order valence-electron chi connectivity index (χ3n) is 7.47. The highest BCUT2D eigenvalue weighted by Crippen LogP contribution is 2.28. The number of aromatic amines is 1. The summed E-state index contributed by atoms with van der Waals surface area (Å²) < 4.78 is 0. The maximum Gasteiger partial charge on any atom is 0.237 e. The number of Topliss-reactive ketones (excluding diaryl/α,β-unsaturated/α-hetero) is 1. The molecule has 2 aliphatic heterocycles. The number of carbonyl (C=O) groups is 2. The number of imidazole rings is 1. The number of fused-ring (bicyclic) bond motifs is 5. The third kappa shape index (κ3) is 6.35. The van der Waals surface area contributed by atoms with E-state index in [1.165, 1.54) is 30.4 Å². The van der Waals surface area contributed by atoms with Crippen LogP contribution < -0.4 is 5.32 Å². The van der Waals surface area contributed by atoms with Gasteiger partial charge >= 0.3 is 0 Å². The fourth-order valence-corrected chi connectivity index (χ4v) is 5.21. The van der Waals surface area contributed by atoms with Crippen LogP contribution in [0.3, 0.4) is 0 Å². The van der Waals surface area contributed by atoms with Crippen LogP contribution in [0.1, 0.15) is 95.0 Å². The number of hydrogen-bond donors (Lipinski definition) is 2. The van der Waals surface area contributed by atoms with Gasteiger partial charge < -0.3 is 10.3 Å². The number of hydrogen-bond acceptors (Lipinski definition) is 4. The minimum atomic E-state index is -0.134. The molecule has 1 amide bonds. The number of amides is 1.